The van der Waals surface area contributed by atoms with Crippen LogP contribution in [0.2, 0.25) is 0 Å². The Morgan fingerprint density at radius 1 is 1.04 bits per heavy atom. The summed E-state index contributed by atoms with van der Waals surface area (Å²) in [7, 11) is 0. The van der Waals surface area contributed by atoms with Crippen molar-refractivity contribution in [3.05, 3.63) is 59.7 Å². The molecule has 4 nitrogen and oxygen atoms in total. The summed E-state index contributed by atoms with van der Waals surface area (Å²) in [4.78, 5) is 14.6. The minimum atomic E-state index is -4.37. The van der Waals surface area contributed by atoms with Crippen molar-refractivity contribution in [2.45, 2.75) is 37.7 Å². The van der Waals surface area contributed by atoms with Crippen LogP contribution in [-0.4, -0.2) is 29.6 Å². The predicted molar refractivity (Wildman–Crippen MR) is 91.4 cm³/mol. The van der Waals surface area contributed by atoms with Crippen molar-refractivity contribution in [3.8, 4) is 11.5 Å². The molecule has 1 aliphatic heterocycles. The first-order chi connectivity index (χ1) is 12.9. The Hall–Kier alpha value is -2.70. The third-order valence-corrected chi connectivity index (χ3v) is 4.69. The second-order valence-corrected chi connectivity index (χ2v) is 6.76. The van der Waals surface area contributed by atoms with Gasteiger partial charge in [-0.3, -0.25) is 4.79 Å². The van der Waals surface area contributed by atoms with E-state index >= 15 is 0 Å². The lowest BCUT2D eigenvalue weighted by molar-refractivity contribution is -0.142. The lowest BCUT2D eigenvalue weighted by atomic mass is 10.1. The molecule has 0 saturated heterocycles. The van der Waals surface area contributed by atoms with Crippen LogP contribution in [0.1, 0.15) is 24.0 Å². The molecule has 1 saturated carbocycles. The van der Waals surface area contributed by atoms with Crippen LogP contribution in [-0.2, 0) is 17.5 Å². The molecule has 1 unspecified atom stereocenters. The van der Waals surface area contributed by atoms with Crippen LogP contribution >= 0.6 is 0 Å². The summed E-state index contributed by atoms with van der Waals surface area (Å²) in [5.41, 5.74) is -0.0449. The third-order valence-electron chi connectivity index (χ3n) is 4.69. The third kappa shape index (κ3) is 3.86. The Labute approximate surface area is 154 Å². The zero-order valence-corrected chi connectivity index (χ0v) is 14.4. The van der Waals surface area contributed by atoms with Gasteiger partial charge in [-0.15, -0.1) is 0 Å². The maximum Gasteiger partial charge on any atom is 0.416 e. The monoisotopic (exact) mass is 377 g/mol. The van der Waals surface area contributed by atoms with E-state index in [1.807, 2.05) is 6.07 Å². The van der Waals surface area contributed by atoms with Gasteiger partial charge in [-0.05, 0) is 42.7 Å². The Morgan fingerprint density at radius 2 is 1.70 bits per heavy atom. The molecule has 2 aromatic carbocycles. The highest BCUT2D eigenvalue weighted by molar-refractivity contribution is 5.82. The first-order valence-corrected chi connectivity index (χ1v) is 8.77. The highest BCUT2D eigenvalue weighted by Gasteiger charge is 2.38. The van der Waals surface area contributed by atoms with Crippen molar-refractivity contribution in [1.82, 2.24) is 4.90 Å². The molecule has 0 bridgehead atoms. The number of para-hydroxylation sites is 2. The van der Waals surface area contributed by atoms with Gasteiger partial charge in [-0.2, -0.15) is 13.2 Å². The number of ether oxygens (including phenoxy) is 2. The molecule has 1 aliphatic carbocycles. The van der Waals surface area contributed by atoms with Gasteiger partial charge in [-0.25, -0.2) is 0 Å². The van der Waals surface area contributed by atoms with E-state index in [2.05, 4.69) is 0 Å². The van der Waals surface area contributed by atoms with E-state index < -0.39 is 17.8 Å². The van der Waals surface area contributed by atoms with Crippen molar-refractivity contribution in [2.24, 2.45) is 0 Å². The molecule has 0 N–H and O–H groups in total. The average Bonchev–Trinajstić information content (AvgIpc) is 3.50. The van der Waals surface area contributed by atoms with E-state index in [1.54, 1.807) is 23.1 Å². The van der Waals surface area contributed by atoms with E-state index in [4.69, 9.17) is 9.47 Å². The molecule has 2 aromatic rings. The van der Waals surface area contributed by atoms with Crippen LogP contribution in [0.25, 0.3) is 0 Å². The van der Waals surface area contributed by atoms with Gasteiger partial charge in [0.2, 0.25) is 6.10 Å². The molecule has 1 amide bonds. The number of nitrogens with zero attached hydrogens (tertiary/aromatic N) is 1. The van der Waals surface area contributed by atoms with E-state index in [9.17, 15) is 18.0 Å². The number of halogens is 3. The molecular weight excluding hydrogens is 359 g/mol. The zero-order chi connectivity index (χ0) is 19.0. The second kappa shape index (κ2) is 6.79. The molecule has 142 valence electrons. The molecule has 0 spiro atoms. The van der Waals surface area contributed by atoms with Crippen LogP contribution in [0.4, 0.5) is 13.2 Å². The van der Waals surface area contributed by atoms with Crippen LogP contribution in [0.15, 0.2) is 48.5 Å². The number of hydrogen-bond donors (Lipinski definition) is 0. The standard InChI is InChI=1S/C20H18F3NO3/c21-20(22,23)14-7-5-13(6-8-14)11-24(15-9-10-15)19(25)18-12-26-16-3-1-2-4-17(16)27-18/h1-8,15,18H,9-12H2. The molecule has 1 atom stereocenters. The van der Waals surface area contributed by atoms with Gasteiger partial charge < -0.3 is 14.4 Å². The van der Waals surface area contributed by atoms with Crippen molar-refractivity contribution in [3.63, 3.8) is 0 Å². The molecule has 0 radical (unpaired) electrons. The number of rotatable bonds is 4. The lowest BCUT2D eigenvalue weighted by Gasteiger charge is -2.31. The minimum Gasteiger partial charge on any atom is -0.485 e. The van der Waals surface area contributed by atoms with Crippen molar-refractivity contribution in [2.75, 3.05) is 6.61 Å². The predicted octanol–water partition coefficient (Wildman–Crippen LogP) is 4.04. The smallest absolute Gasteiger partial charge is 0.416 e. The van der Waals surface area contributed by atoms with Crippen LogP contribution in [0.3, 0.4) is 0 Å². The van der Waals surface area contributed by atoms with Gasteiger partial charge in [0.1, 0.15) is 6.61 Å². The maximum absolute atomic E-state index is 13.0. The average molecular weight is 377 g/mol. The molecule has 1 fully saturated rings. The molecule has 1 heterocycles. The Kier molecular flexibility index (Phi) is 4.45. The normalized spacial score (nSPS) is 18.9. The summed E-state index contributed by atoms with van der Waals surface area (Å²) in [6.45, 7) is 0.370. The van der Waals surface area contributed by atoms with Crippen molar-refractivity contribution >= 4 is 5.91 Å². The van der Waals surface area contributed by atoms with Crippen molar-refractivity contribution in [1.29, 1.82) is 0 Å². The lowest BCUT2D eigenvalue weighted by Crippen LogP contribution is -2.47. The zero-order valence-electron chi connectivity index (χ0n) is 14.4. The number of carbonyl (C=O) groups is 1. The van der Waals surface area contributed by atoms with Gasteiger partial charge >= 0.3 is 6.18 Å². The summed E-state index contributed by atoms with van der Waals surface area (Å²) in [6, 6.07) is 12.2. The first-order valence-electron chi connectivity index (χ1n) is 8.77. The molecule has 27 heavy (non-hydrogen) atoms. The SMILES string of the molecule is O=C(C1COc2ccccc2O1)N(Cc1ccc(C(F)(F)F)cc1)C1CC1. The number of fused-ring (bicyclic) bond motifs is 1. The number of benzene rings is 2. The number of amides is 1. The Bertz CT molecular complexity index is 831. The first kappa shape index (κ1) is 17.7. The van der Waals surface area contributed by atoms with Gasteiger partial charge in [0.25, 0.3) is 5.91 Å². The summed E-state index contributed by atoms with van der Waals surface area (Å²) >= 11 is 0. The molecule has 0 aromatic heterocycles. The highest BCUT2D eigenvalue weighted by atomic mass is 19.4. The minimum absolute atomic E-state index is 0.0977. The van der Waals surface area contributed by atoms with E-state index in [0.717, 1.165) is 25.0 Å². The van der Waals surface area contributed by atoms with Crippen LogP contribution < -0.4 is 9.47 Å². The molecule has 7 heteroatoms. The second-order valence-electron chi connectivity index (χ2n) is 6.76. The number of hydrogen-bond acceptors (Lipinski definition) is 3. The Balaban J connectivity index is 1.48. The summed E-state index contributed by atoms with van der Waals surface area (Å²) in [5, 5.41) is 0. The molecule has 2 aliphatic rings. The summed E-state index contributed by atoms with van der Waals surface area (Å²) in [6.07, 6.45) is -3.35. The fraction of sp³-hybridized carbons (Fsp3) is 0.350. The van der Waals surface area contributed by atoms with Gasteiger partial charge in [-0.1, -0.05) is 24.3 Å². The fourth-order valence-corrected chi connectivity index (χ4v) is 3.10. The van der Waals surface area contributed by atoms with Gasteiger partial charge in [0.15, 0.2) is 11.5 Å². The van der Waals surface area contributed by atoms with Gasteiger partial charge in [0.05, 0.1) is 5.56 Å². The number of carbonyl (C=O) groups excluding carboxylic acids is 1. The molecule has 4 rings (SSSR count). The van der Waals surface area contributed by atoms with E-state index in [-0.39, 0.29) is 25.1 Å². The van der Waals surface area contributed by atoms with Crippen molar-refractivity contribution < 1.29 is 27.4 Å². The summed E-state index contributed by atoms with van der Waals surface area (Å²) < 4.78 is 49.6. The Morgan fingerprint density at radius 3 is 2.33 bits per heavy atom. The topological polar surface area (TPSA) is 38.8 Å². The molecular formula is C20H18F3NO3. The largest absolute Gasteiger partial charge is 0.485 e. The van der Waals surface area contributed by atoms with Crippen LogP contribution in [0, 0.1) is 0 Å². The van der Waals surface area contributed by atoms with E-state index in [1.165, 1.54) is 12.1 Å². The maximum atomic E-state index is 13.0. The van der Waals surface area contributed by atoms with Crippen LogP contribution in [0.5, 0.6) is 11.5 Å². The van der Waals surface area contributed by atoms with Gasteiger partial charge in [0, 0.05) is 12.6 Å². The number of alkyl halides is 3. The summed E-state index contributed by atoms with van der Waals surface area (Å²) in [5.74, 6) is 0.918. The fourth-order valence-electron chi connectivity index (χ4n) is 3.10. The highest BCUT2D eigenvalue weighted by Crippen LogP contribution is 2.34. The van der Waals surface area contributed by atoms with E-state index in [0.29, 0.717) is 17.1 Å². The quantitative estimate of drug-likeness (QED) is 0.807.